The third-order valence-electron chi connectivity index (χ3n) is 5.67. The van der Waals surface area contributed by atoms with Crippen LogP contribution in [-0.4, -0.2) is 45.0 Å². The zero-order valence-electron chi connectivity index (χ0n) is 15.3. The van der Waals surface area contributed by atoms with Crippen molar-refractivity contribution in [1.29, 1.82) is 0 Å². The van der Waals surface area contributed by atoms with Gasteiger partial charge in [0.25, 0.3) is 5.91 Å². The van der Waals surface area contributed by atoms with Crippen molar-refractivity contribution in [3.05, 3.63) is 42.1 Å². The van der Waals surface area contributed by atoms with Crippen molar-refractivity contribution in [3.8, 4) is 11.3 Å². The van der Waals surface area contributed by atoms with Gasteiger partial charge in [-0.2, -0.15) is 5.10 Å². The van der Waals surface area contributed by atoms with E-state index in [0.29, 0.717) is 35.6 Å². The van der Waals surface area contributed by atoms with Crippen LogP contribution in [0.2, 0.25) is 0 Å². The SMILES string of the molecule is CC1(O)C(=O)Nc2nccc(-c3nn([C@H]4CCNC[C@@H]4F)c4ccccc34)c21. The molecule has 0 saturated carbocycles. The van der Waals surface area contributed by atoms with E-state index in [-0.39, 0.29) is 6.04 Å². The van der Waals surface area contributed by atoms with E-state index in [4.69, 9.17) is 5.10 Å². The van der Waals surface area contributed by atoms with Crippen molar-refractivity contribution in [3.63, 3.8) is 0 Å². The molecule has 7 nitrogen and oxygen atoms in total. The maximum atomic E-state index is 14.6. The zero-order valence-corrected chi connectivity index (χ0v) is 15.3. The number of carbonyl (C=O) groups is 1. The highest BCUT2D eigenvalue weighted by Gasteiger charge is 2.44. The van der Waals surface area contributed by atoms with E-state index in [9.17, 15) is 14.3 Å². The molecule has 8 heteroatoms. The summed E-state index contributed by atoms with van der Waals surface area (Å²) >= 11 is 0. The topological polar surface area (TPSA) is 92.1 Å². The summed E-state index contributed by atoms with van der Waals surface area (Å²) in [5.74, 6) is -0.190. The Morgan fingerprint density at radius 1 is 1.32 bits per heavy atom. The van der Waals surface area contributed by atoms with Crippen LogP contribution in [0.15, 0.2) is 36.5 Å². The largest absolute Gasteiger partial charge is 0.375 e. The molecule has 0 bridgehead atoms. The first kappa shape index (κ1) is 17.3. The predicted octanol–water partition coefficient (Wildman–Crippen LogP) is 2.13. The number of rotatable bonds is 2. The number of halogens is 1. The summed E-state index contributed by atoms with van der Waals surface area (Å²) in [6, 6.07) is 9.02. The van der Waals surface area contributed by atoms with E-state index < -0.39 is 17.7 Å². The number of piperidine rings is 1. The number of nitrogens with zero attached hydrogens (tertiary/aromatic N) is 3. The van der Waals surface area contributed by atoms with E-state index in [1.165, 1.54) is 6.92 Å². The average Bonchev–Trinajstić information content (AvgIpc) is 3.18. The molecule has 5 rings (SSSR count). The van der Waals surface area contributed by atoms with Crippen LogP contribution >= 0.6 is 0 Å². The number of amides is 1. The van der Waals surface area contributed by atoms with Gasteiger partial charge in [0.1, 0.15) is 17.7 Å². The number of hydrogen-bond acceptors (Lipinski definition) is 5. The van der Waals surface area contributed by atoms with Crippen LogP contribution in [0.4, 0.5) is 10.2 Å². The predicted molar refractivity (Wildman–Crippen MR) is 103 cm³/mol. The first-order chi connectivity index (χ1) is 13.5. The number of carbonyl (C=O) groups excluding carboxylic acids is 1. The Balaban J connectivity index is 1.75. The van der Waals surface area contributed by atoms with Crippen molar-refractivity contribution in [2.45, 2.75) is 31.2 Å². The molecule has 4 heterocycles. The molecule has 2 aliphatic rings. The molecule has 1 amide bonds. The maximum absolute atomic E-state index is 14.6. The number of para-hydroxylation sites is 1. The first-order valence-electron chi connectivity index (χ1n) is 9.34. The number of aromatic nitrogens is 3. The third kappa shape index (κ3) is 2.38. The molecular formula is C20H20FN5O2. The highest BCUT2D eigenvalue weighted by Crippen LogP contribution is 2.43. The molecule has 1 saturated heterocycles. The van der Waals surface area contributed by atoms with Crippen LogP contribution in [0, 0.1) is 0 Å². The highest BCUT2D eigenvalue weighted by molar-refractivity contribution is 6.07. The molecule has 1 unspecified atom stereocenters. The summed E-state index contributed by atoms with van der Waals surface area (Å²) in [4.78, 5) is 16.4. The first-order valence-corrected chi connectivity index (χ1v) is 9.34. The lowest BCUT2D eigenvalue weighted by atomic mass is 9.92. The van der Waals surface area contributed by atoms with Crippen molar-refractivity contribution >= 4 is 22.6 Å². The fourth-order valence-electron chi connectivity index (χ4n) is 4.21. The van der Waals surface area contributed by atoms with Gasteiger partial charge in [0.05, 0.1) is 11.6 Å². The summed E-state index contributed by atoms with van der Waals surface area (Å²) < 4.78 is 16.4. The molecule has 3 N–H and O–H groups in total. The molecule has 28 heavy (non-hydrogen) atoms. The third-order valence-corrected chi connectivity index (χ3v) is 5.67. The molecule has 2 aromatic heterocycles. The molecule has 3 atom stereocenters. The monoisotopic (exact) mass is 381 g/mol. The lowest BCUT2D eigenvalue weighted by Crippen LogP contribution is -2.39. The highest BCUT2D eigenvalue weighted by atomic mass is 19.1. The van der Waals surface area contributed by atoms with Crippen molar-refractivity contribution in [2.24, 2.45) is 0 Å². The Morgan fingerprint density at radius 3 is 2.96 bits per heavy atom. The van der Waals surface area contributed by atoms with Gasteiger partial charge in [0.15, 0.2) is 5.60 Å². The smallest absolute Gasteiger partial charge is 0.262 e. The Labute approximate surface area is 160 Å². The normalized spacial score (nSPS) is 27.0. The number of aliphatic hydroxyl groups is 1. The second-order valence-electron chi connectivity index (χ2n) is 7.49. The van der Waals surface area contributed by atoms with Crippen molar-refractivity contribution in [2.75, 3.05) is 18.4 Å². The second kappa shape index (κ2) is 6.08. The fourth-order valence-corrected chi connectivity index (χ4v) is 4.21. The summed E-state index contributed by atoms with van der Waals surface area (Å²) in [6.07, 6.45) is 1.17. The van der Waals surface area contributed by atoms with Gasteiger partial charge in [0, 0.05) is 29.3 Å². The Bertz CT molecular complexity index is 1090. The molecule has 2 aliphatic heterocycles. The average molecular weight is 381 g/mol. The van der Waals surface area contributed by atoms with Gasteiger partial charge in [-0.25, -0.2) is 9.37 Å². The van der Waals surface area contributed by atoms with Crippen LogP contribution in [0.5, 0.6) is 0 Å². The van der Waals surface area contributed by atoms with E-state index in [1.54, 1.807) is 16.9 Å². The Kier molecular flexibility index (Phi) is 3.75. The van der Waals surface area contributed by atoms with Crippen molar-refractivity contribution < 1.29 is 14.3 Å². The molecule has 3 aromatic rings. The van der Waals surface area contributed by atoms with Crippen LogP contribution in [-0.2, 0) is 10.4 Å². The van der Waals surface area contributed by atoms with E-state index in [0.717, 1.165) is 17.4 Å². The summed E-state index contributed by atoms with van der Waals surface area (Å²) in [5, 5.41) is 22.1. The van der Waals surface area contributed by atoms with Crippen molar-refractivity contribution in [1.82, 2.24) is 20.1 Å². The number of fused-ring (bicyclic) bond motifs is 2. The molecule has 0 spiro atoms. The summed E-state index contributed by atoms with van der Waals surface area (Å²) in [7, 11) is 0. The van der Waals surface area contributed by atoms with Gasteiger partial charge >= 0.3 is 0 Å². The number of hydrogen-bond donors (Lipinski definition) is 3. The lowest BCUT2D eigenvalue weighted by Gasteiger charge is -2.27. The molecule has 1 aromatic carbocycles. The molecular weight excluding hydrogens is 361 g/mol. The standard InChI is InChI=1S/C20H20FN5O2/c1-20(28)16-12(6-9-23-18(16)24-19(20)27)17-11-4-2-3-5-14(11)26(25-17)15-7-8-22-10-13(15)21/h2-6,9,13,15,22,28H,7-8,10H2,1H3,(H,23,24,27)/t13-,15-,20?/m0/s1. The van der Waals surface area contributed by atoms with E-state index in [2.05, 4.69) is 15.6 Å². The van der Waals surface area contributed by atoms with Gasteiger partial charge in [-0.05, 0) is 32.0 Å². The fraction of sp³-hybridized carbons (Fsp3) is 0.350. The van der Waals surface area contributed by atoms with E-state index in [1.807, 2.05) is 24.3 Å². The Hall–Kier alpha value is -2.84. The van der Waals surface area contributed by atoms with Crippen LogP contribution in [0.3, 0.4) is 0 Å². The van der Waals surface area contributed by atoms with Gasteiger partial charge in [0.2, 0.25) is 0 Å². The van der Waals surface area contributed by atoms with Crippen LogP contribution in [0.25, 0.3) is 22.2 Å². The molecule has 1 fully saturated rings. The van der Waals surface area contributed by atoms with E-state index >= 15 is 0 Å². The lowest BCUT2D eigenvalue weighted by molar-refractivity contribution is -0.131. The number of anilines is 1. The number of nitrogens with one attached hydrogen (secondary N) is 2. The minimum absolute atomic E-state index is 0.298. The summed E-state index contributed by atoms with van der Waals surface area (Å²) in [5.41, 5.74) is 0.748. The maximum Gasteiger partial charge on any atom is 0.262 e. The van der Waals surface area contributed by atoms with Crippen LogP contribution in [0.1, 0.15) is 24.9 Å². The minimum Gasteiger partial charge on any atom is -0.375 e. The Morgan fingerprint density at radius 2 is 2.14 bits per heavy atom. The number of pyridine rings is 1. The van der Waals surface area contributed by atoms with Gasteiger partial charge in [-0.3, -0.25) is 9.48 Å². The number of alkyl halides is 1. The quantitative estimate of drug-likeness (QED) is 0.633. The van der Waals surface area contributed by atoms with Gasteiger partial charge in [-0.1, -0.05) is 18.2 Å². The molecule has 144 valence electrons. The molecule has 0 aliphatic carbocycles. The van der Waals surface area contributed by atoms with Gasteiger partial charge < -0.3 is 15.7 Å². The minimum atomic E-state index is -1.71. The molecule has 0 radical (unpaired) electrons. The second-order valence-corrected chi connectivity index (χ2v) is 7.49. The van der Waals surface area contributed by atoms with Gasteiger partial charge in [-0.15, -0.1) is 0 Å². The van der Waals surface area contributed by atoms with Crippen LogP contribution < -0.4 is 10.6 Å². The summed E-state index contributed by atoms with van der Waals surface area (Å²) in [6.45, 7) is 2.47. The zero-order chi connectivity index (χ0) is 19.5. The number of benzene rings is 1.